The first kappa shape index (κ1) is 23.5. The topological polar surface area (TPSA) is 17.8 Å². The molecule has 0 atom stereocenters. The van der Waals surface area contributed by atoms with E-state index in [-0.39, 0.29) is 17.0 Å². The molecule has 0 N–H and O–H groups in total. The second-order valence-corrected chi connectivity index (χ2v) is 10.0. The monoisotopic (exact) mass is 482 g/mol. The van der Waals surface area contributed by atoms with Crippen LogP contribution in [0.1, 0.15) is 41.8 Å². The zero-order valence-electron chi connectivity index (χ0n) is 19.0. The van der Waals surface area contributed by atoms with E-state index in [2.05, 4.69) is 50.5 Å². The van der Waals surface area contributed by atoms with Gasteiger partial charge in [-0.1, -0.05) is 61.5 Å². The average Bonchev–Trinajstić information content (AvgIpc) is 3.20. The van der Waals surface area contributed by atoms with Crippen LogP contribution in [0.15, 0.2) is 72.0 Å². The van der Waals surface area contributed by atoms with Crippen LogP contribution >= 0.6 is 23.4 Å². The van der Waals surface area contributed by atoms with E-state index < -0.39 is 0 Å². The molecule has 0 unspecified atom stereocenters. The molecule has 0 saturated heterocycles. The van der Waals surface area contributed by atoms with Crippen molar-refractivity contribution in [3.05, 3.63) is 111 Å². The third kappa shape index (κ3) is 4.85. The zero-order chi connectivity index (χ0) is 23.8. The highest BCUT2D eigenvalue weighted by Crippen LogP contribution is 2.37. The number of hydrogen-bond donors (Lipinski definition) is 0. The van der Waals surface area contributed by atoms with Crippen molar-refractivity contribution in [2.24, 2.45) is 0 Å². The lowest BCUT2D eigenvalue weighted by atomic mass is 9.80. The molecular formula is C27H25ClF2N2S. The summed E-state index contributed by atoms with van der Waals surface area (Å²) in [6.45, 7) is 8.54. The van der Waals surface area contributed by atoms with E-state index in [1.807, 2.05) is 6.20 Å². The van der Waals surface area contributed by atoms with E-state index in [0.29, 0.717) is 10.8 Å². The Morgan fingerprint density at radius 2 is 1.61 bits per heavy atom. The van der Waals surface area contributed by atoms with Gasteiger partial charge in [-0.05, 0) is 72.5 Å². The molecule has 0 fully saturated rings. The van der Waals surface area contributed by atoms with Gasteiger partial charge in [-0.25, -0.2) is 13.8 Å². The molecule has 0 amide bonds. The summed E-state index contributed by atoms with van der Waals surface area (Å²) in [5.41, 5.74) is 5.94. The molecule has 4 aromatic rings. The Hall–Kier alpha value is -2.63. The first-order valence-electron chi connectivity index (χ1n) is 10.7. The van der Waals surface area contributed by atoms with Crippen LogP contribution in [0, 0.1) is 25.5 Å². The fourth-order valence-corrected chi connectivity index (χ4v) is 5.09. The van der Waals surface area contributed by atoms with Crippen LogP contribution in [0.5, 0.6) is 0 Å². The molecule has 2 nitrogen and oxygen atoms in total. The summed E-state index contributed by atoms with van der Waals surface area (Å²) in [6, 6.07) is 17.3. The molecule has 3 aromatic carbocycles. The first-order valence-corrected chi connectivity index (χ1v) is 12.0. The summed E-state index contributed by atoms with van der Waals surface area (Å²) in [5.74, 6) is -0.124. The van der Waals surface area contributed by atoms with Crippen molar-refractivity contribution in [3.8, 4) is 5.69 Å². The molecule has 0 aliphatic rings. The smallest absolute Gasteiger partial charge is 0.173 e. The Bertz CT molecular complexity index is 1300. The van der Waals surface area contributed by atoms with Crippen LogP contribution in [0.4, 0.5) is 8.78 Å². The Balaban J connectivity index is 1.78. The third-order valence-corrected chi connectivity index (χ3v) is 7.41. The van der Waals surface area contributed by atoms with Crippen molar-refractivity contribution >= 4 is 23.4 Å². The number of nitrogens with zero attached hydrogens (tertiary/aromatic N) is 2. The van der Waals surface area contributed by atoms with E-state index >= 15 is 0 Å². The van der Waals surface area contributed by atoms with Crippen LogP contribution in [0.25, 0.3) is 5.69 Å². The van der Waals surface area contributed by atoms with Crippen molar-refractivity contribution in [3.63, 3.8) is 0 Å². The molecule has 1 aromatic heterocycles. The van der Waals surface area contributed by atoms with Crippen LogP contribution in [-0.2, 0) is 11.2 Å². The second kappa shape index (κ2) is 9.32. The number of aryl methyl sites for hydroxylation is 2. The SMILES string of the molecule is Cc1ccc(C(C)(C)c2cnc(SCc3ccc(F)cc3Cl)n2-c2ccc(F)cc2)cc1C. The van der Waals surface area contributed by atoms with Gasteiger partial charge in [0, 0.05) is 21.9 Å². The Labute approximate surface area is 202 Å². The summed E-state index contributed by atoms with van der Waals surface area (Å²) < 4.78 is 29.2. The van der Waals surface area contributed by atoms with Crippen molar-refractivity contribution in [2.45, 2.75) is 44.0 Å². The van der Waals surface area contributed by atoms with Gasteiger partial charge in [0.2, 0.25) is 0 Å². The van der Waals surface area contributed by atoms with Gasteiger partial charge in [-0.3, -0.25) is 4.57 Å². The molecule has 0 bridgehead atoms. The summed E-state index contributed by atoms with van der Waals surface area (Å²) >= 11 is 7.74. The van der Waals surface area contributed by atoms with Gasteiger partial charge in [0.1, 0.15) is 11.6 Å². The Kier molecular flexibility index (Phi) is 6.64. The van der Waals surface area contributed by atoms with E-state index in [9.17, 15) is 8.78 Å². The molecule has 0 radical (unpaired) electrons. The summed E-state index contributed by atoms with van der Waals surface area (Å²) in [5, 5.41) is 1.15. The number of thioether (sulfide) groups is 1. The fraction of sp³-hybridized carbons (Fsp3) is 0.222. The molecule has 4 rings (SSSR count). The van der Waals surface area contributed by atoms with E-state index in [0.717, 1.165) is 22.1 Å². The van der Waals surface area contributed by atoms with Crippen LogP contribution < -0.4 is 0 Å². The third-order valence-electron chi connectivity index (χ3n) is 6.06. The number of aromatic nitrogens is 2. The van der Waals surface area contributed by atoms with Gasteiger partial charge >= 0.3 is 0 Å². The lowest BCUT2D eigenvalue weighted by Gasteiger charge is -2.28. The molecule has 0 spiro atoms. The minimum Gasteiger partial charge on any atom is -0.291 e. The molecule has 170 valence electrons. The summed E-state index contributed by atoms with van der Waals surface area (Å²) in [4.78, 5) is 4.72. The molecule has 33 heavy (non-hydrogen) atoms. The minimum absolute atomic E-state index is 0.291. The number of benzene rings is 3. The van der Waals surface area contributed by atoms with E-state index in [1.165, 1.54) is 52.7 Å². The maximum absolute atomic E-state index is 13.7. The molecule has 0 aliphatic carbocycles. The van der Waals surface area contributed by atoms with Crippen LogP contribution in [0.3, 0.4) is 0 Å². The lowest BCUT2D eigenvalue weighted by Crippen LogP contribution is -2.23. The summed E-state index contributed by atoms with van der Waals surface area (Å²) in [6.07, 6.45) is 1.88. The number of rotatable bonds is 6. The molecule has 6 heteroatoms. The van der Waals surface area contributed by atoms with E-state index in [1.54, 1.807) is 18.2 Å². The first-order chi connectivity index (χ1) is 15.7. The zero-order valence-corrected chi connectivity index (χ0v) is 20.6. The van der Waals surface area contributed by atoms with Crippen molar-refractivity contribution in [1.82, 2.24) is 9.55 Å². The second-order valence-electron chi connectivity index (χ2n) is 8.69. The standard InChI is InChI=1S/C27H25ClF2N2S/c1-17-5-7-20(13-18(17)2)27(3,4)25-15-31-26(32(25)23-11-9-21(29)10-12-23)33-16-19-6-8-22(30)14-24(19)28/h5-15H,16H2,1-4H3. The fourth-order valence-electron chi connectivity index (χ4n) is 3.78. The molecule has 0 aliphatic heterocycles. The van der Waals surface area contributed by atoms with Gasteiger partial charge in [-0.2, -0.15) is 0 Å². The van der Waals surface area contributed by atoms with Crippen LogP contribution in [0.2, 0.25) is 5.02 Å². The lowest BCUT2D eigenvalue weighted by molar-refractivity contribution is 0.591. The molecular weight excluding hydrogens is 458 g/mol. The summed E-state index contributed by atoms with van der Waals surface area (Å²) in [7, 11) is 0. The number of hydrogen-bond acceptors (Lipinski definition) is 2. The maximum atomic E-state index is 13.7. The van der Waals surface area contributed by atoms with Crippen LogP contribution in [-0.4, -0.2) is 9.55 Å². The van der Waals surface area contributed by atoms with Gasteiger partial charge in [-0.15, -0.1) is 0 Å². The number of halogens is 3. The van der Waals surface area contributed by atoms with Crippen molar-refractivity contribution in [1.29, 1.82) is 0 Å². The highest BCUT2D eigenvalue weighted by atomic mass is 35.5. The normalized spacial score (nSPS) is 11.7. The Morgan fingerprint density at radius 1 is 0.909 bits per heavy atom. The molecule has 0 saturated carbocycles. The van der Waals surface area contributed by atoms with Crippen molar-refractivity contribution in [2.75, 3.05) is 0 Å². The van der Waals surface area contributed by atoms with Gasteiger partial charge < -0.3 is 0 Å². The van der Waals surface area contributed by atoms with Gasteiger partial charge in [0.05, 0.1) is 11.9 Å². The highest BCUT2D eigenvalue weighted by molar-refractivity contribution is 7.98. The predicted molar refractivity (Wildman–Crippen MR) is 133 cm³/mol. The highest BCUT2D eigenvalue weighted by Gasteiger charge is 2.30. The largest absolute Gasteiger partial charge is 0.291 e. The molecule has 1 heterocycles. The minimum atomic E-state index is -0.362. The predicted octanol–water partition coefficient (Wildman–Crippen LogP) is 8.04. The quantitative estimate of drug-likeness (QED) is 0.259. The number of imidazole rings is 1. The van der Waals surface area contributed by atoms with E-state index in [4.69, 9.17) is 16.6 Å². The van der Waals surface area contributed by atoms with Crippen molar-refractivity contribution < 1.29 is 8.78 Å². The van der Waals surface area contributed by atoms with Gasteiger partial charge in [0.25, 0.3) is 0 Å². The Morgan fingerprint density at radius 3 is 2.27 bits per heavy atom. The maximum Gasteiger partial charge on any atom is 0.173 e. The average molecular weight is 483 g/mol. The van der Waals surface area contributed by atoms with Gasteiger partial charge in [0.15, 0.2) is 5.16 Å².